The number of nitrogens with zero attached hydrogens (tertiary/aromatic N) is 6. The summed E-state index contributed by atoms with van der Waals surface area (Å²) in [6.07, 6.45) is -1.45. The van der Waals surface area contributed by atoms with Crippen molar-refractivity contribution < 1.29 is 22.7 Å². The standard InChI is InChI=1S/C20H20F3N7O2/c1-14-6-7-30(27-14)18-12-17(24-13-25-18)28-8-10-29(11-9-28)19(31)26-15-2-4-16(5-3-15)32-20(21,22)23/h2-7,12-13H,8-11H2,1H3,(H,26,31). The molecule has 1 aliphatic rings. The number of rotatable bonds is 4. The van der Waals surface area contributed by atoms with Gasteiger partial charge in [-0.2, -0.15) is 5.10 Å². The maximum absolute atomic E-state index is 12.5. The van der Waals surface area contributed by atoms with E-state index in [0.29, 0.717) is 37.7 Å². The third-order valence-electron chi connectivity index (χ3n) is 4.83. The van der Waals surface area contributed by atoms with Gasteiger partial charge < -0.3 is 19.9 Å². The maximum Gasteiger partial charge on any atom is 0.573 e. The fourth-order valence-electron chi connectivity index (χ4n) is 3.26. The van der Waals surface area contributed by atoms with E-state index in [0.717, 1.165) is 23.6 Å². The Bertz CT molecular complexity index is 1080. The molecule has 0 atom stereocenters. The smallest absolute Gasteiger partial charge is 0.406 e. The number of carbonyl (C=O) groups is 1. The second-order valence-electron chi connectivity index (χ2n) is 7.11. The van der Waals surface area contributed by atoms with E-state index in [-0.39, 0.29) is 11.8 Å². The summed E-state index contributed by atoms with van der Waals surface area (Å²) in [7, 11) is 0. The van der Waals surface area contributed by atoms with E-state index in [1.54, 1.807) is 9.58 Å². The zero-order chi connectivity index (χ0) is 22.7. The van der Waals surface area contributed by atoms with Crippen LogP contribution in [0.3, 0.4) is 0 Å². The number of hydrogen-bond donors (Lipinski definition) is 1. The zero-order valence-electron chi connectivity index (χ0n) is 17.1. The van der Waals surface area contributed by atoms with Crippen LogP contribution >= 0.6 is 0 Å². The van der Waals surface area contributed by atoms with Gasteiger partial charge in [0, 0.05) is 44.1 Å². The molecule has 168 valence electrons. The van der Waals surface area contributed by atoms with Crippen LogP contribution < -0.4 is 15.0 Å². The average Bonchev–Trinajstić information content (AvgIpc) is 3.21. The molecule has 1 aromatic carbocycles. The van der Waals surface area contributed by atoms with Crippen LogP contribution in [-0.4, -0.2) is 63.2 Å². The molecule has 1 fully saturated rings. The molecule has 12 heteroatoms. The molecule has 0 saturated carbocycles. The number of piperazine rings is 1. The number of halogens is 3. The zero-order valence-corrected chi connectivity index (χ0v) is 17.1. The number of alkyl halides is 3. The predicted molar refractivity (Wildman–Crippen MR) is 110 cm³/mol. The van der Waals surface area contributed by atoms with Gasteiger partial charge in [0.05, 0.1) is 5.69 Å². The molecule has 4 rings (SSSR count). The molecule has 1 aliphatic heterocycles. The van der Waals surface area contributed by atoms with Crippen LogP contribution in [0, 0.1) is 6.92 Å². The first-order chi connectivity index (χ1) is 15.3. The summed E-state index contributed by atoms with van der Waals surface area (Å²) in [6, 6.07) is 8.40. The van der Waals surface area contributed by atoms with Crippen LogP contribution in [0.2, 0.25) is 0 Å². The minimum absolute atomic E-state index is 0.329. The summed E-state index contributed by atoms with van der Waals surface area (Å²) < 4.78 is 42.2. The molecule has 0 bridgehead atoms. The van der Waals surface area contributed by atoms with Gasteiger partial charge >= 0.3 is 12.4 Å². The lowest BCUT2D eigenvalue weighted by Crippen LogP contribution is -2.50. The minimum atomic E-state index is -4.76. The van der Waals surface area contributed by atoms with E-state index in [2.05, 4.69) is 30.0 Å². The summed E-state index contributed by atoms with van der Waals surface area (Å²) in [6.45, 7) is 3.96. The second-order valence-corrected chi connectivity index (χ2v) is 7.11. The largest absolute Gasteiger partial charge is 0.573 e. The third-order valence-corrected chi connectivity index (χ3v) is 4.83. The normalized spacial score (nSPS) is 14.4. The van der Waals surface area contributed by atoms with Crippen LogP contribution in [0.5, 0.6) is 5.75 Å². The number of urea groups is 1. The third kappa shape index (κ3) is 5.25. The van der Waals surface area contributed by atoms with Gasteiger partial charge in [0.1, 0.15) is 17.9 Å². The van der Waals surface area contributed by atoms with Crippen LogP contribution in [0.1, 0.15) is 5.69 Å². The first-order valence-electron chi connectivity index (χ1n) is 9.78. The Labute approximate surface area is 181 Å². The molecule has 0 unspecified atom stereocenters. The number of anilines is 2. The highest BCUT2D eigenvalue weighted by Gasteiger charge is 2.31. The van der Waals surface area contributed by atoms with Crippen molar-refractivity contribution in [2.45, 2.75) is 13.3 Å². The fourth-order valence-corrected chi connectivity index (χ4v) is 3.26. The topological polar surface area (TPSA) is 88.4 Å². The van der Waals surface area contributed by atoms with E-state index < -0.39 is 6.36 Å². The molecule has 3 heterocycles. The number of benzene rings is 1. The molecular formula is C20H20F3N7O2. The quantitative estimate of drug-likeness (QED) is 0.661. The highest BCUT2D eigenvalue weighted by molar-refractivity contribution is 5.89. The Morgan fingerprint density at radius 1 is 1.03 bits per heavy atom. The molecule has 1 N–H and O–H groups in total. The lowest BCUT2D eigenvalue weighted by molar-refractivity contribution is -0.274. The number of ether oxygens (including phenoxy) is 1. The van der Waals surface area contributed by atoms with Crippen LogP contribution in [0.4, 0.5) is 29.5 Å². The van der Waals surface area contributed by atoms with Crippen molar-refractivity contribution in [1.82, 2.24) is 24.6 Å². The van der Waals surface area contributed by atoms with Gasteiger partial charge in [-0.3, -0.25) is 0 Å². The molecular weight excluding hydrogens is 427 g/mol. The van der Waals surface area contributed by atoms with Crippen molar-refractivity contribution in [2.24, 2.45) is 0 Å². The Morgan fingerprint density at radius 2 is 1.72 bits per heavy atom. The van der Waals surface area contributed by atoms with Crippen molar-refractivity contribution in [1.29, 1.82) is 0 Å². The number of carbonyl (C=O) groups excluding carboxylic acids is 1. The number of amides is 2. The molecule has 1 saturated heterocycles. The van der Waals surface area contributed by atoms with Crippen molar-refractivity contribution in [2.75, 3.05) is 36.4 Å². The van der Waals surface area contributed by atoms with Crippen molar-refractivity contribution in [3.63, 3.8) is 0 Å². The molecule has 3 aromatic rings. The summed E-state index contributed by atoms with van der Waals surface area (Å²) >= 11 is 0. The van der Waals surface area contributed by atoms with E-state index in [9.17, 15) is 18.0 Å². The lowest BCUT2D eigenvalue weighted by atomic mass is 10.3. The van der Waals surface area contributed by atoms with Crippen molar-refractivity contribution in [3.05, 3.63) is 54.6 Å². The predicted octanol–water partition coefficient (Wildman–Crippen LogP) is 3.22. The monoisotopic (exact) mass is 447 g/mol. The Hall–Kier alpha value is -3.83. The van der Waals surface area contributed by atoms with Crippen LogP contribution in [0.15, 0.2) is 48.9 Å². The summed E-state index contributed by atoms with van der Waals surface area (Å²) in [5, 5.41) is 7.03. The van der Waals surface area contributed by atoms with Crippen LogP contribution in [-0.2, 0) is 0 Å². The van der Waals surface area contributed by atoms with Gasteiger partial charge in [0.25, 0.3) is 0 Å². The molecule has 0 aliphatic carbocycles. The van der Waals surface area contributed by atoms with Crippen LogP contribution in [0.25, 0.3) is 5.82 Å². The van der Waals surface area contributed by atoms with Gasteiger partial charge in [0.2, 0.25) is 0 Å². The van der Waals surface area contributed by atoms with E-state index in [1.165, 1.54) is 18.5 Å². The van der Waals surface area contributed by atoms with Crippen molar-refractivity contribution in [3.8, 4) is 11.6 Å². The SMILES string of the molecule is Cc1ccn(-c2cc(N3CCN(C(=O)Nc4ccc(OC(F)(F)F)cc4)CC3)ncn2)n1. The minimum Gasteiger partial charge on any atom is -0.406 e. The summed E-state index contributed by atoms with van der Waals surface area (Å²) in [5.41, 5.74) is 1.26. The molecule has 0 radical (unpaired) electrons. The molecule has 2 amide bonds. The van der Waals surface area contributed by atoms with E-state index in [4.69, 9.17) is 0 Å². The Morgan fingerprint density at radius 3 is 2.34 bits per heavy atom. The maximum atomic E-state index is 12.5. The summed E-state index contributed by atoms with van der Waals surface area (Å²) in [5.74, 6) is 1.04. The summed E-state index contributed by atoms with van der Waals surface area (Å²) in [4.78, 5) is 24.8. The fraction of sp³-hybridized carbons (Fsp3) is 0.300. The van der Waals surface area contributed by atoms with Gasteiger partial charge in [-0.15, -0.1) is 13.2 Å². The van der Waals surface area contributed by atoms with Gasteiger partial charge in [-0.05, 0) is 37.3 Å². The molecule has 32 heavy (non-hydrogen) atoms. The average molecular weight is 447 g/mol. The Balaban J connectivity index is 1.32. The van der Waals surface area contributed by atoms with E-state index >= 15 is 0 Å². The number of nitrogens with one attached hydrogen (secondary N) is 1. The highest BCUT2D eigenvalue weighted by atomic mass is 19.4. The van der Waals surface area contributed by atoms with Gasteiger partial charge in [-0.1, -0.05) is 0 Å². The van der Waals surface area contributed by atoms with Gasteiger partial charge in [0.15, 0.2) is 5.82 Å². The lowest BCUT2D eigenvalue weighted by Gasteiger charge is -2.35. The molecule has 2 aromatic heterocycles. The number of hydrogen-bond acceptors (Lipinski definition) is 6. The van der Waals surface area contributed by atoms with E-state index in [1.807, 2.05) is 25.3 Å². The molecule has 9 nitrogen and oxygen atoms in total. The molecule has 0 spiro atoms. The first kappa shape index (κ1) is 21.4. The number of aromatic nitrogens is 4. The highest BCUT2D eigenvalue weighted by Crippen LogP contribution is 2.24. The van der Waals surface area contributed by atoms with Gasteiger partial charge in [-0.25, -0.2) is 19.4 Å². The van der Waals surface area contributed by atoms with Crippen molar-refractivity contribution >= 4 is 17.5 Å². The Kier molecular flexibility index (Phi) is 5.84. The number of aryl methyl sites for hydroxylation is 1. The second kappa shape index (κ2) is 8.73. The first-order valence-corrected chi connectivity index (χ1v) is 9.78.